The third-order valence-electron chi connectivity index (χ3n) is 9.45. The molecule has 5 rings (SSSR count). The highest BCUT2D eigenvalue weighted by Crippen LogP contribution is 2.70. The Morgan fingerprint density at radius 2 is 1.82 bits per heavy atom. The second-order valence-corrected chi connectivity index (χ2v) is 10.9. The number of hydrogen-bond acceptors (Lipinski definition) is 3. The molecule has 0 heterocycles. The highest BCUT2D eigenvalue weighted by atomic mass is 19.2. The molecule has 1 aromatic carbocycles. The molecule has 4 aliphatic rings. The Balaban J connectivity index is 1.58. The molecule has 0 amide bonds. The Labute approximate surface area is 192 Å². The first-order valence-corrected chi connectivity index (χ1v) is 11.9. The van der Waals surface area contributed by atoms with E-state index in [9.17, 15) is 19.4 Å². The fourth-order valence-corrected chi connectivity index (χ4v) is 7.86. The Hall–Kier alpha value is -1.92. The maximum Gasteiger partial charge on any atom is 0.213 e. The number of halogens is 3. The zero-order valence-corrected chi connectivity index (χ0v) is 19.0. The van der Waals surface area contributed by atoms with Crippen molar-refractivity contribution in [2.24, 2.45) is 28.6 Å². The summed E-state index contributed by atoms with van der Waals surface area (Å²) < 4.78 is 47.4. The second-order valence-electron chi connectivity index (χ2n) is 10.9. The maximum atomic E-state index is 17.2. The molecular formula is C27H31F3O3. The molecule has 0 spiro atoms. The van der Waals surface area contributed by atoms with Gasteiger partial charge in [-0.15, -0.1) is 0 Å². The van der Waals surface area contributed by atoms with Crippen LogP contribution in [0.2, 0.25) is 0 Å². The molecule has 6 heteroatoms. The molecule has 0 aliphatic heterocycles. The van der Waals surface area contributed by atoms with Crippen LogP contribution in [0, 0.1) is 28.6 Å². The molecule has 33 heavy (non-hydrogen) atoms. The number of benzene rings is 1. The molecule has 0 aromatic heterocycles. The molecule has 2 N–H and O–H groups in total. The SMILES string of the molecule is C[C@@H]1C[C@H]2[C@@H]3C[C@H](F)C4=C(F)C(=O)C=C[C@]4(C)[C@@]3(F)[C@@H](O)C[C@]2(CCc2ccccc2)[C@@H]1O. The first-order valence-electron chi connectivity index (χ1n) is 11.9. The number of hydrogen-bond donors (Lipinski definition) is 2. The van der Waals surface area contributed by atoms with Crippen LogP contribution in [0.15, 0.2) is 53.9 Å². The molecule has 0 saturated heterocycles. The molecule has 0 unspecified atom stereocenters. The normalized spacial score (nSPS) is 46.7. The van der Waals surface area contributed by atoms with Crippen molar-refractivity contribution in [2.75, 3.05) is 0 Å². The van der Waals surface area contributed by atoms with Crippen LogP contribution >= 0.6 is 0 Å². The van der Waals surface area contributed by atoms with Gasteiger partial charge in [0.1, 0.15) is 6.17 Å². The lowest BCUT2D eigenvalue weighted by atomic mass is 9.44. The zero-order chi connectivity index (χ0) is 23.8. The van der Waals surface area contributed by atoms with Crippen molar-refractivity contribution >= 4 is 5.78 Å². The van der Waals surface area contributed by atoms with E-state index in [1.165, 1.54) is 13.0 Å². The van der Waals surface area contributed by atoms with E-state index in [-0.39, 0.29) is 24.7 Å². The van der Waals surface area contributed by atoms with Gasteiger partial charge in [0.25, 0.3) is 0 Å². The number of rotatable bonds is 3. The van der Waals surface area contributed by atoms with Crippen LogP contribution in [0.5, 0.6) is 0 Å². The number of carbonyl (C=O) groups is 1. The Morgan fingerprint density at radius 1 is 1.12 bits per heavy atom. The fraction of sp³-hybridized carbons (Fsp3) is 0.593. The minimum atomic E-state index is -2.33. The second kappa shape index (κ2) is 7.54. The van der Waals surface area contributed by atoms with Gasteiger partial charge in [0.15, 0.2) is 11.5 Å². The molecule has 4 aliphatic carbocycles. The minimum Gasteiger partial charge on any atom is -0.392 e. The van der Waals surface area contributed by atoms with E-state index in [0.717, 1.165) is 11.6 Å². The predicted octanol–water partition coefficient (Wildman–Crippen LogP) is 4.82. The van der Waals surface area contributed by atoms with E-state index in [0.29, 0.717) is 19.3 Å². The van der Waals surface area contributed by atoms with Gasteiger partial charge in [-0.05, 0) is 62.5 Å². The molecule has 178 valence electrons. The van der Waals surface area contributed by atoms with E-state index in [1.807, 2.05) is 37.3 Å². The van der Waals surface area contributed by atoms with Crippen LogP contribution in [-0.4, -0.2) is 40.0 Å². The van der Waals surface area contributed by atoms with E-state index < -0.39 is 58.0 Å². The summed E-state index contributed by atoms with van der Waals surface area (Å²) in [5.74, 6) is -3.57. The lowest BCUT2D eigenvalue weighted by Crippen LogP contribution is -2.69. The van der Waals surface area contributed by atoms with Gasteiger partial charge < -0.3 is 10.2 Å². The smallest absolute Gasteiger partial charge is 0.213 e. The topological polar surface area (TPSA) is 57.5 Å². The molecule has 3 fully saturated rings. The summed E-state index contributed by atoms with van der Waals surface area (Å²) in [4.78, 5) is 11.9. The Kier molecular flexibility index (Phi) is 5.22. The van der Waals surface area contributed by atoms with E-state index in [4.69, 9.17) is 0 Å². The minimum absolute atomic E-state index is 0.0201. The predicted molar refractivity (Wildman–Crippen MR) is 118 cm³/mol. The number of ketones is 1. The van der Waals surface area contributed by atoms with Gasteiger partial charge >= 0.3 is 0 Å². The number of aliphatic hydroxyl groups excluding tert-OH is 2. The first kappa shape index (κ1) is 22.9. The number of aryl methyl sites for hydroxylation is 1. The highest BCUT2D eigenvalue weighted by Gasteiger charge is 2.73. The van der Waals surface area contributed by atoms with E-state index in [1.54, 1.807) is 0 Å². The molecule has 3 saturated carbocycles. The van der Waals surface area contributed by atoms with Gasteiger partial charge in [-0.3, -0.25) is 4.79 Å². The molecule has 3 nitrogen and oxygen atoms in total. The molecule has 0 radical (unpaired) electrons. The molecule has 9 atom stereocenters. The maximum absolute atomic E-state index is 17.2. The van der Waals surface area contributed by atoms with Crippen molar-refractivity contribution in [1.82, 2.24) is 0 Å². The summed E-state index contributed by atoms with van der Waals surface area (Å²) in [6, 6.07) is 9.80. The average Bonchev–Trinajstić information content (AvgIpc) is 3.03. The van der Waals surface area contributed by atoms with Gasteiger partial charge in [-0.1, -0.05) is 43.3 Å². The molecule has 0 bridgehead atoms. The molecular weight excluding hydrogens is 429 g/mol. The third kappa shape index (κ3) is 2.92. The van der Waals surface area contributed by atoms with Crippen LogP contribution in [0.25, 0.3) is 0 Å². The number of aliphatic hydroxyl groups is 2. The quantitative estimate of drug-likeness (QED) is 0.680. The highest BCUT2D eigenvalue weighted by molar-refractivity contribution is 6.04. The van der Waals surface area contributed by atoms with Crippen molar-refractivity contribution < 1.29 is 28.2 Å². The monoisotopic (exact) mass is 460 g/mol. The van der Waals surface area contributed by atoms with Gasteiger partial charge in [-0.25, -0.2) is 13.2 Å². The van der Waals surface area contributed by atoms with Crippen LogP contribution in [0.3, 0.4) is 0 Å². The number of allylic oxidation sites excluding steroid dienone is 4. The average molecular weight is 461 g/mol. The summed E-state index contributed by atoms with van der Waals surface area (Å²) >= 11 is 0. The van der Waals surface area contributed by atoms with Gasteiger partial charge in [0.2, 0.25) is 5.78 Å². The number of carbonyl (C=O) groups excluding carboxylic acids is 1. The van der Waals surface area contributed by atoms with Crippen LogP contribution in [0.4, 0.5) is 13.2 Å². The zero-order valence-electron chi connectivity index (χ0n) is 19.0. The number of alkyl halides is 2. The Morgan fingerprint density at radius 3 is 2.52 bits per heavy atom. The van der Waals surface area contributed by atoms with E-state index >= 15 is 8.78 Å². The summed E-state index contributed by atoms with van der Waals surface area (Å²) in [5, 5.41) is 22.6. The first-order chi connectivity index (χ1) is 15.6. The van der Waals surface area contributed by atoms with Crippen molar-refractivity contribution in [1.29, 1.82) is 0 Å². The summed E-state index contributed by atoms with van der Waals surface area (Å²) in [5.41, 5.74) is -4.22. The van der Waals surface area contributed by atoms with Gasteiger partial charge in [0, 0.05) is 22.3 Å². The number of fused-ring (bicyclic) bond motifs is 5. The van der Waals surface area contributed by atoms with Crippen molar-refractivity contribution in [3.05, 3.63) is 59.4 Å². The van der Waals surface area contributed by atoms with Gasteiger partial charge in [-0.2, -0.15) is 0 Å². The molecule has 1 aromatic rings. The summed E-state index contributed by atoms with van der Waals surface area (Å²) in [7, 11) is 0. The standard InChI is InChI=1S/C27H31F3O3/c1-15-12-17-18-13-19(28)22-23(29)20(31)9-10-25(22,2)27(18,30)21(32)14-26(17,24(15)33)11-8-16-6-4-3-5-7-16/h3-7,9-10,15,17-19,21,24,32-33H,8,11-14H2,1-2H3/t15-,17+,18+,19+,21+,24-,25+,26+,27+/m1/s1. The van der Waals surface area contributed by atoms with Crippen LogP contribution in [-0.2, 0) is 11.2 Å². The van der Waals surface area contributed by atoms with Crippen molar-refractivity contribution in [3.63, 3.8) is 0 Å². The van der Waals surface area contributed by atoms with Crippen LogP contribution in [0.1, 0.15) is 45.1 Å². The Bertz CT molecular complexity index is 1020. The lowest BCUT2D eigenvalue weighted by Gasteiger charge is -2.62. The fourth-order valence-electron chi connectivity index (χ4n) is 7.86. The third-order valence-corrected chi connectivity index (χ3v) is 9.45. The van der Waals surface area contributed by atoms with E-state index in [2.05, 4.69) is 0 Å². The summed E-state index contributed by atoms with van der Waals surface area (Å²) in [6.07, 6.45) is -0.417. The van der Waals surface area contributed by atoms with Gasteiger partial charge in [0.05, 0.1) is 12.2 Å². The van der Waals surface area contributed by atoms with Crippen molar-refractivity contribution in [2.45, 2.75) is 70.0 Å². The van der Waals surface area contributed by atoms with Crippen molar-refractivity contribution in [3.8, 4) is 0 Å². The summed E-state index contributed by atoms with van der Waals surface area (Å²) in [6.45, 7) is 3.32. The largest absolute Gasteiger partial charge is 0.392 e. The van der Waals surface area contributed by atoms with Crippen LogP contribution < -0.4 is 0 Å². The lowest BCUT2D eigenvalue weighted by molar-refractivity contribution is -0.213.